The summed E-state index contributed by atoms with van der Waals surface area (Å²) in [6.07, 6.45) is 2.01. The number of hydrogen-bond donors (Lipinski definition) is 1. The van der Waals surface area contributed by atoms with Gasteiger partial charge in [0.15, 0.2) is 0 Å². The third-order valence-electron chi connectivity index (χ3n) is 2.16. The van der Waals surface area contributed by atoms with Crippen molar-refractivity contribution >= 4 is 10.9 Å². The standard InChI is InChI=1S/C11H13N2/c1-11(2,12)13-8-7-9-5-3-4-6-10(9)13/h4-8H,12H2,1-2H3. The highest BCUT2D eigenvalue weighted by atomic mass is 15.1. The monoisotopic (exact) mass is 173 g/mol. The fourth-order valence-electron chi connectivity index (χ4n) is 1.53. The van der Waals surface area contributed by atoms with Crippen LogP contribution in [0.5, 0.6) is 0 Å². The third kappa shape index (κ3) is 1.33. The summed E-state index contributed by atoms with van der Waals surface area (Å²) in [5.41, 5.74) is 6.83. The predicted molar refractivity (Wildman–Crippen MR) is 54.3 cm³/mol. The van der Waals surface area contributed by atoms with Gasteiger partial charge in [-0.05, 0) is 38.1 Å². The largest absolute Gasteiger partial charge is 0.330 e. The molecule has 1 heterocycles. The molecule has 1 radical (unpaired) electrons. The summed E-state index contributed by atoms with van der Waals surface area (Å²) in [6.45, 7) is 3.98. The Hall–Kier alpha value is -1.28. The minimum atomic E-state index is -0.344. The van der Waals surface area contributed by atoms with Gasteiger partial charge in [-0.1, -0.05) is 6.07 Å². The molecule has 2 rings (SSSR count). The number of rotatable bonds is 1. The van der Waals surface area contributed by atoms with Gasteiger partial charge < -0.3 is 10.3 Å². The summed E-state index contributed by atoms with van der Waals surface area (Å²) >= 11 is 0. The smallest absolute Gasteiger partial charge is 0.0869 e. The highest BCUT2D eigenvalue weighted by Crippen LogP contribution is 2.19. The Kier molecular flexibility index (Phi) is 1.67. The Balaban J connectivity index is 2.72. The molecule has 0 aliphatic carbocycles. The quantitative estimate of drug-likeness (QED) is 0.703. The zero-order valence-corrected chi connectivity index (χ0v) is 7.91. The lowest BCUT2D eigenvalue weighted by molar-refractivity contribution is 0.384. The van der Waals surface area contributed by atoms with E-state index < -0.39 is 0 Å². The van der Waals surface area contributed by atoms with Crippen molar-refractivity contribution in [3.05, 3.63) is 36.5 Å². The number of aromatic nitrogens is 1. The van der Waals surface area contributed by atoms with E-state index in [4.69, 9.17) is 5.73 Å². The summed E-state index contributed by atoms with van der Waals surface area (Å²) in [6, 6.07) is 11.0. The van der Waals surface area contributed by atoms with Crippen molar-refractivity contribution in [2.24, 2.45) is 5.73 Å². The van der Waals surface area contributed by atoms with Crippen molar-refractivity contribution in [2.75, 3.05) is 0 Å². The second kappa shape index (κ2) is 2.60. The molecular weight excluding hydrogens is 160 g/mol. The predicted octanol–water partition coefficient (Wildman–Crippen LogP) is 2.09. The third-order valence-corrected chi connectivity index (χ3v) is 2.16. The lowest BCUT2D eigenvalue weighted by Crippen LogP contribution is -2.35. The van der Waals surface area contributed by atoms with Crippen LogP contribution in [0.1, 0.15) is 13.8 Å². The molecule has 2 aromatic rings. The van der Waals surface area contributed by atoms with Gasteiger partial charge in [-0.15, -0.1) is 0 Å². The van der Waals surface area contributed by atoms with Crippen LogP contribution in [0.4, 0.5) is 0 Å². The Morgan fingerprint density at radius 1 is 1.38 bits per heavy atom. The van der Waals surface area contributed by atoms with E-state index in [0.29, 0.717) is 0 Å². The minimum absolute atomic E-state index is 0.344. The molecule has 0 bridgehead atoms. The second-order valence-corrected chi connectivity index (χ2v) is 3.82. The lowest BCUT2D eigenvalue weighted by Gasteiger charge is -2.22. The molecule has 1 aromatic heterocycles. The topological polar surface area (TPSA) is 30.9 Å². The molecule has 67 valence electrons. The fourth-order valence-corrected chi connectivity index (χ4v) is 1.53. The maximum atomic E-state index is 6.02. The van der Waals surface area contributed by atoms with E-state index in [-0.39, 0.29) is 5.66 Å². The molecule has 2 heteroatoms. The van der Waals surface area contributed by atoms with E-state index in [1.54, 1.807) is 0 Å². The summed E-state index contributed by atoms with van der Waals surface area (Å²) in [7, 11) is 0. The van der Waals surface area contributed by atoms with Gasteiger partial charge in [-0.2, -0.15) is 0 Å². The minimum Gasteiger partial charge on any atom is -0.330 e. The van der Waals surface area contributed by atoms with Crippen LogP contribution in [0.15, 0.2) is 30.5 Å². The first kappa shape index (κ1) is 8.32. The van der Waals surface area contributed by atoms with Gasteiger partial charge in [0.2, 0.25) is 0 Å². The van der Waals surface area contributed by atoms with Crippen LogP contribution in [-0.2, 0) is 5.66 Å². The summed E-state index contributed by atoms with van der Waals surface area (Å²) < 4.78 is 2.07. The first-order chi connectivity index (χ1) is 6.09. The fraction of sp³-hybridized carbons (Fsp3) is 0.273. The molecular formula is C11H13N2. The first-order valence-corrected chi connectivity index (χ1v) is 4.35. The lowest BCUT2D eigenvalue weighted by atomic mass is 10.2. The molecule has 2 N–H and O–H groups in total. The highest BCUT2D eigenvalue weighted by Gasteiger charge is 2.14. The van der Waals surface area contributed by atoms with Crippen LogP contribution < -0.4 is 5.73 Å². The van der Waals surface area contributed by atoms with Crippen molar-refractivity contribution in [1.29, 1.82) is 0 Å². The zero-order valence-electron chi connectivity index (χ0n) is 7.91. The van der Waals surface area contributed by atoms with Crippen LogP contribution in [0.2, 0.25) is 0 Å². The summed E-state index contributed by atoms with van der Waals surface area (Å²) in [5, 5.41) is 1.18. The van der Waals surface area contributed by atoms with Crippen LogP contribution >= 0.6 is 0 Å². The summed E-state index contributed by atoms with van der Waals surface area (Å²) in [5.74, 6) is 0. The zero-order chi connectivity index (χ0) is 9.47. The average Bonchev–Trinajstić information content (AvgIpc) is 2.45. The molecule has 0 spiro atoms. The Labute approximate surface area is 78.0 Å². The van der Waals surface area contributed by atoms with E-state index in [1.807, 2.05) is 38.2 Å². The van der Waals surface area contributed by atoms with Crippen molar-refractivity contribution in [1.82, 2.24) is 4.57 Å². The molecule has 0 fully saturated rings. The van der Waals surface area contributed by atoms with E-state index in [1.165, 1.54) is 5.39 Å². The van der Waals surface area contributed by atoms with Crippen LogP contribution in [-0.4, -0.2) is 4.57 Å². The number of fused-ring (bicyclic) bond motifs is 1. The Bertz CT molecular complexity index is 421. The molecule has 0 amide bonds. The number of nitrogens with two attached hydrogens (primary N) is 1. The van der Waals surface area contributed by atoms with Gasteiger partial charge in [0.1, 0.15) is 0 Å². The van der Waals surface area contributed by atoms with E-state index in [0.717, 1.165) is 5.52 Å². The Morgan fingerprint density at radius 2 is 2.15 bits per heavy atom. The van der Waals surface area contributed by atoms with Crippen LogP contribution in [0.25, 0.3) is 10.9 Å². The van der Waals surface area contributed by atoms with Gasteiger partial charge in [0.05, 0.1) is 5.66 Å². The van der Waals surface area contributed by atoms with Crippen LogP contribution in [0, 0.1) is 6.07 Å². The molecule has 1 aromatic carbocycles. The van der Waals surface area contributed by atoms with Gasteiger partial charge >= 0.3 is 0 Å². The van der Waals surface area contributed by atoms with Crippen LogP contribution in [0.3, 0.4) is 0 Å². The first-order valence-electron chi connectivity index (χ1n) is 4.35. The number of benzene rings is 1. The van der Waals surface area contributed by atoms with Gasteiger partial charge in [-0.25, -0.2) is 0 Å². The molecule has 0 saturated heterocycles. The number of nitrogens with zero attached hydrogens (tertiary/aromatic N) is 1. The molecule has 0 atom stereocenters. The van der Waals surface area contributed by atoms with Gasteiger partial charge in [-0.3, -0.25) is 0 Å². The van der Waals surface area contributed by atoms with Crippen molar-refractivity contribution < 1.29 is 0 Å². The maximum absolute atomic E-state index is 6.02. The van der Waals surface area contributed by atoms with E-state index in [9.17, 15) is 0 Å². The van der Waals surface area contributed by atoms with Gasteiger partial charge in [0, 0.05) is 17.1 Å². The normalized spacial score (nSPS) is 12.2. The molecule has 13 heavy (non-hydrogen) atoms. The van der Waals surface area contributed by atoms with Crippen molar-refractivity contribution in [2.45, 2.75) is 19.5 Å². The van der Waals surface area contributed by atoms with E-state index in [2.05, 4.69) is 16.7 Å². The summed E-state index contributed by atoms with van der Waals surface area (Å²) in [4.78, 5) is 0. The SMILES string of the molecule is CC(C)(N)n1ccc2c[c]ccc21. The highest BCUT2D eigenvalue weighted by molar-refractivity contribution is 5.80. The van der Waals surface area contributed by atoms with Crippen molar-refractivity contribution in [3.63, 3.8) is 0 Å². The number of hydrogen-bond acceptors (Lipinski definition) is 1. The van der Waals surface area contributed by atoms with E-state index >= 15 is 0 Å². The molecule has 2 nitrogen and oxygen atoms in total. The second-order valence-electron chi connectivity index (χ2n) is 3.82. The van der Waals surface area contributed by atoms with Gasteiger partial charge in [0.25, 0.3) is 0 Å². The molecule has 0 aliphatic rings. The Morgan fingerprint density at radius 3 is 2.85 bits per heavy atom. The molecule has 0 saturated carbocycles. The average molecular weight is 173 g/mol. The molecule has 0 aliphatic heterocycles. The van der Waals surface area contributed by atoms with Crippen molar-refractivity contribution in [3.8, 4) is 0 Å². The maximum Gasteiger partial charge on any atom is 0.0869 e. The molecule has 0 unspecified atom stereocenters.